The molecule has 82 valence electrons. The number of esters is 1. The highest BCUT2D eigenvalue weighted by molar-refractivity contribution is 7.12. The van der Waals surface area contributed by atoms with E-state index in [0.717, 1.165) is 9.88 Å². The molecular weight excluding hydrogens is 210 g/mol. The molecule has 3 nitrogen and oxygen atoms in total. The Morgan fingerprint density at radius 1 is 1.67 bits per heavy atom. The van der Waals surface area contributed by atoms with Gasteiger partial charge in [0, 0.05) is 11.1 Å². The second-order valence-corrected chi connectivity index (χ2v) is 5.27. The molecule has 15 heavy (non-hydrogen) atoms. The van der Waals surface area contributed by atoms with Gasteiger partial charge in [0.1, 0.15) is 10.6 Å². The number of carbonyl (C=O) groups is 1. The number of nitrogens with zero attached hydrogens (tertiary/aromatic N) is 1. The summed E-state index contributed by atoms with van der Waals surface area (Å²) in [6.45, 7) is 9.18. The molecule has 0 aliphatic rings. The van der Waals surface area contributed by atoms with E-state index in [1.54, 1.807) is 12.3 Å². The Labute approximate surface area is 93.8 Å². The van der Waals surface area contributed by atoms with Crippen molar-refractivity contribution in [1.29, 1.82) is 0 Å². The van der Waals surface area contributed by atoms with E-state index in [-0.39, 0.29) is 12.4 Å². The fourth-order valence-corrected chi connectivity index (χ4v) is 1.76. The van der Waals surface area contributed by atoms with Gasteiger partial charge in [0.15, 0.2) is 0 Å². The van der Waals surface area contributed by atoms with E-state index >= 15 is 0 Å². The molecule has 1 heterocycles. The van der Waals surface area contributed by atoms with Gasteiger partial charge in [-0.2, -0.15) is 0 Å². The van der Waals surface area contributed by atoms with Crippen LogP contribution in [0.3, 0.4) is 0 Å². The van der Waals surface area contributed by atoms with E-state index in [4.69, 9.17) is 4.74 Å². The maximum Gasteiger partial charge on any atom is 0.313 e. The van der Waals surface area contributed by atoms with E-state index in [2.05, 4.69) is 11.6 Å². The topological polar surface area (TPSA) is 39.2 Å². The van der Waals surface area contributed by atoms with Gasteiger partial charge in [0.05, 0.1) is 6.42 Å². The molecule has 0 saturated heterocycles. The lowest BCUT2D eigenvalue weighted by Gasteiger charge is -2.18. The lowest BCUT2D eigenvalue weighted by molar-refractivity contribution is -0.153. The highest BCUT2D eigenvalue weighted by atomic mass is 32.1. The van der Waals surface area contributed by atoms with Crippen LogP contribution < -0.4 is 0 Å². The summed E-state index contributed by atoms with van der Waals surface area (Å²) in [5.74, 6) is -0.243. The van der Waals surface area contributed by atoms with Gasteiger partial charge in [-0.3, -0.25) is 4.79 Å². The number of aromatic nitrogens is 1. The Kier molecular flexibility index (Phi) is 3.63. The van der Waals surface area contributed by atoms with Crippen LogP contribution in [0.15, 0.2) is 12.8 Å². The zero-order chi connectivity index (χ0) is 11.5. The van der Waals surface area contributed by atoms with Crippen molar-refractivity contribution in [2.75, 3.05) is 0 Å². The zero-order valence-corrected chi connectivity index (χ0v) is 10.1. The molecule has 0 N–H and O–H groups in total. The van der Waals surface area contributed by atoms with Gasteiger partial charge in [-0.25, -0.2) is 4.98 Å². The summed E-state index contributed by atoms with van der Waals surface area (Å²) in [5, 5.41) is 0.763. The average molecular weight is 225 g/mol. The van der Waals surface area contributed by atoms with E-state index < -0.39 is 5.60 Å². The van der Waals surface area contributed by atoms with Gasteiger partial charge < -0.3 is 4.74 Å². The molecule has 0 fully saturated rings. The Hall–Kier alpha value is -1.16. The van der Waals surface area contributed by atoms with Gasteiger partial charge in [-0.15, -0.1) is 11.3 Å². The Bertz CT molecular complexity index is 363. The van der Waals surface area contributed by atoms with Gasteiger partial charge in [0.25, 0.3) is 0 Å². The minimum Gasteiger partial charge on any atom is -0.460 e. The van der Waals surface area contributed by atoms with Crippen LogP contribution in [0, 0.1) is 0 Å². The first kappa shape index (κ1) is 11.9. The summed E-state index contributed by atoms with van der Waals surface area (Å²) < 4.78 is 5.19. The highest BCUT2D eigenvalue weighted by Gasteiger charge is 2.17. The standard InChI is InChI=1S/C11H15NO2S/c1-5-8-7-12-9(15-8)6-10(13)14-11(2,3)4/h5,7H,1,6H2,2-4H3. The summed E-state index contributed by atoms with van der Waals surface area (Å²) >= 11 is 1.46. The van der Waals surface area contributed by atoms with Crippen LogP contribution in [-0.4, -0.2) is 16.6 Å². The zero-order valence-electron chi connectivity index (χ0n) is 9.24. The molecule has 0 bridgehead atoms. The first-order valence-electron chi connectivity index (χ1n) is 4.70. The molecule has 0 aromatic carbocycles. The molecule has 0 aliphatic carbocycles. The summed E-state index contributed by atoms with van der Waals surface area (Å²) in [5.41, 5.74) is -0.435. The molecule has 1 aromatic heterocycles. The number of hydrogen-bond acceptors (Lipinski definition) is 4. The van der Waals surface area contributed by atoms with Crippen molar-refractivity contribution in [3.05, 3.63) is 22.7 Å². The maximum atomic E-state index is 11.4. The number of carbonyl (C=O) groups excluding carboxylic acids is 1. The van der Waals surface area contributed by atoms with E-state index in [1.807, 2.05) is 20.8 Å². The molecule has 1 aromatic rings. The molecule has 0 spiro atoms. The van der Waals surface area contributed by atoms with Crippen LogP contribution in [0.4, 0.5) is 0 Å². The second kappa shape index (κ2) is 4.57. The average Bonchev–Trinajstić information content (AvgIpc) is 2.48. The predicted octanol–water partition coefficient (Wildman–Crippen LogP) is 2.67. The molecular formula is C11H15NO2S. The lowest BCUT2D eigenvalue weighted by Crippen LogP contribution is -2.24. The van der Waals surface area contributed by atoms with Crippen LogP contribution in [0.1, 0.15) is 30.7 Å². The largest absolute Gasteiger partial charge is 0.460 e. The predicted molar refractivity (Wildman–Crippen MR) is 61.8 cm³/mol. The number of ether oxygens (including phenoxy) is 1. The van der Waals surface area contributed by atoms with Crippen molar-refractivity contribution in [3.63, 3.8) is 0 Å². The SMILES string of the molecule is C=Cc1cnc(CC(=O)OC(C)(C)C)s1. The highest BCUT2D eigenvalue weighted by Crippen LogP contribution is 2.16. The Morgan fingerprint density at radius 2 is 2.33 bits per heavy atom. The van der Waals surface area contributed by atoms with Gasteiger partial charge in [-0.1, -0.05) is 12.7 Å². The Morgan fingerprint density at radius 3 is 2.80 bits per heavy atom. The lowest BCUT2D eigenvalue weighted by atomic mass is 10.2. The fraction of sp³-hybridized carbons (Fsp3) is 0.455. The van der Waals surface area contributed by atoms with Crippen molar-refractivity contribution in [2.45, 2.75) is 32.8 Å². The number of thiazole rings is 1. The summed E-state index contributed by atoms with van der Waals surface area (Å²) in [6.07, 6.45) is 3.66. The molecule has 0 amide bonds. The van der Waals surface area contributed by atoms with E-state index in [1.165, 1.54) is 11.3 Å². The van der Waals surface area contributed by atoms with Gasteiger partial charge in [-0.05, 0) is 20.8 Å². The van der Waals surface area contributed by atoms with Crippen LogP contribution in [0.5, 0.6) is 0 Å². The smallest absolute Gasteiger partial charge is 0.313 e. The quantitative estimate of drug-likeness (QED) is 0.742. The van der Waals surface area contributed by atoms with Crippen molar-refractivity contribution in [1.82, 2.24) is 4.98 Å². The van der Waals surface area contributed by atoms with Crippen LogP contribution in [0.25, 0.3) is 6.08 Å². The second-order valence-electron chi connectivity index (χ2n) is 4.12. The van der Waals surface area contributed by atoms with Crippen LogP contribution in [-0.2, 0) is 16.0 Å². The van der Waals surface area contributed by atoms with Crippen molar-refractivity contribution in [3.8, 4) is 0 Å². The molecule has 0 atom stereocenters. The Balaban J connectivity index is 2.55. The van der Waals surface area contributed by atoms with Gasteiger partial charge >= 0.3 is 5.97 Å². The fourth-order valence-electron chi connectivity index (χ4n) is 1.00. The third-order valence-corrected chi connectivity index (χ3v) is 2.48. The van der Waals surface area contributed by atoms with Crippen molar-refractivity contribution in [2.24, 2.45) is 0 Å². The summed E-state index contributed by atoms with van der Waals surface area (Å²) in [4.78, 5) is 16.5. The minimum atomic E-state index is -0.435. The number of hydrogen-bond donors (Lipinski definition) is 0. The monoisotopic (exact) mass is 225 g/mol. The van der Waals surface area contributed by atoms with E-state index in [9.17, 15) is 4.79 Å². The third kappa shape index (κ3) is 4.25. The van der Waals surface area contributed by atoms with E-state index in [0.29, 0.717) is 0 Å². The summed E-state index contributed by atoms with van der Waals surface area (Å²) in [6, 6.07) is 0. The molecule has 0 radical (unpaired) electrons. The molecule has 0 aliphatic heterocycles. The molecule has 4 heteroatoms. The van der Waals surface area contributed by atoms with Crippen LogP contribution >= 0.6 is 11.3 Å². The minimum absolute atomic E-state index is 0.232. The van der Waals surface area contributed by atoms with Crippen molar-refractivity contribution >= 4 is 23.4 Å². The first-order valence-corrected chi connectivity index (χ1v) is 5.51. The maximum absolute atomic E-state index is 11.4. The molecule has 0 saturated carbocycles. The third-order valence-electron chi connectivity index (χ3n) is 1.49. The normalized spacial score (nSPS) is 11.1. The van der Waals surface area contributed by atoms with Crippen LogP contribution in [0.2, 0.25) is 0 Å². The first-order chi connectivity index (χ1) is 6.90. The van der Waals surface area contributed by atoms with Crippen molar-refractivity contribution < 1.29 is 9.53 Å². The van der Waals surface area contributed by atoms with Gasteiger partial charge in [0.2, 0.25) is 0 Å². The molecule has 1 rings (SSSR count). The summed E-state index contributed by atoms with van der Waals surface area (Å²) in [7, 11) is 0. The molecule has 0 unspecified atom stereocenters. The number of rotatable bonds is 3.